The molecule has 0 bridgehead atoms. The molecular formula is C25H28N2O3. The zero-order valence-electron chi connectivity index (χ0n) is 17.3. The van der Waals surface area contributed by atoms with E-state index in [-0.39, 0.29) is 23.1 Å². The third-order valence-electron chi connectivity index (χ3n) is 5.05. The van der Waals surface area contributed by atoms with Crippen molar-refractivity contribution in [1.29, 1.82) is 0 Å². The molecule has 5 heteroatoms. The Balaban J connectivity index is 1.79. The molecule has 0 saturated carbocycles. The standard InChI is InChI=1S/C25H28N2O3/c1-2-3-4-5-9-19-26-24(29)23(14-10-11-20-15-17-22(28)18-16-20)25(30)27(26)21-12-7-6-8-13-21/h6-8,10-18,28H,2-5,9,19H2,1H3. The number of hydrazine groups is 1. The molecular weight excluding hydrogens is 376 g/mol. The summed E-state index contributed by atoms with van der Waals surface area (Å²) in [4.78, 5) is 26.1. The number of hydrogen-bond acceptors (Lipinski definition) is 3. The summed E-state index contributed by atoms with van der Waals surface area (Å²) in [6.07, 6.45) is 10.5. The molecule has 1 heterocycles. The summed E-state index contributed by atoms with van der Waals surface area (Å²) in [5, 5.41) is 12.4. The lowest BCUT2D eigenvalue weighted by molar-refractivity contribution is -0.125. The van der Waals surface area contributed by atoms with Crippen molar-refractivity contribution in [1.82, 2.24) is 5.01 Å². The summed E-state index contributed by atoms with van der Waals surface area (Å²) in [7, 11) is 0. The predicted octanol–water partition coefficient (Wildman–Crippen LogP) is 5.09. The van der Waals surface area contributed by atoms with Crippen LogP contribution in [0.2, 0.25) is 0 Å². The maximum atomic E-state index is 13.1. The highest BCUT2D eigenvalue weighted by Gasteiger charge is 2.41. The minimum absolute atomic E-state index is 0.155. The van der Waals surface area contributed by atoms with Crippen LogP contribution in [0.5, 0.6) is 5.75 Å². The van der Waals surface area contributed by atoms with E-state index in [1.54, 1.807) is 47.5 Å². The normalized spacial score (nSPS) is 15.7. The van der Waals surface area contributed by atoms with E-state index in [1.807, 2.05) is 30.3 Å². The van der Waals surface area contributed by atoms with Gasteiger partial charge in [-0.3, -0.25) is 9.59 Å². The number of carbonyl (C=O) groups excluding carboxylic acids is 2. The lowest BCUT2D eigenvalue weighted by Gasteiger charge is -2.27. The minimum Gasteiger partial charge on any atom is -0.508 e. The van der Waals surface area contributed by atoms with Crippen LogP contribution in [0.15, 0.2) is 72.3 Å². The molecule has 0 atom stereocenters. The Kier molecular flexibility index (Phi) is 7.44. The fourth-order valence-corrected chi connectivity index (χ4v) is 3.42. The minimum atomic E-state index is -0.310. The van der Waals surface area contributed by atoms with Crippen LogP contribution in [0.3, 0.4) is 0 Å². The van der Waals surface area contributed by atoms with Crippen molar-refractivity contribution in [3.63, 3.8) is 0 Å². The van der Waals surface area contributed by atoms with Gasteiger partial charge in [-0.2, -0.15) is 0 Å². The second kappa shape index (κ2) is 10.4. The second-order valence-corrected chi connectivity index (χ2v) is 7.33. The van der Waals surface area contributed by atoms with Crippen LogP contribution in [0, 0.1) is 0 Å². The molecule has 0 aromatic heterocycles. The van der Waals surface area contributed by atoms with Gasteiger partial charge in [0.2, 0.25) is 0 Å². The lowest BCUT2D eigenvalue weighted by atomic mass is 10.1. The maximum Gasteiger partial charge on any atom is 0.282 e. The number of benzene rings is 2. The molecule has 1 N–H and O–H groups in total. The number of para-hydroxylation sites is 1. The van der Waals surface area contributed by atoms with Crippen molar-refractivity contribution in [2.75, 3.05) is 11.6 Å². The van der Waals surface area contributed by atoms with Crippen molar-refractivity contribution in [3.05, 3.63) is 77.9 Å². The molecule has 3 rings (SSSR count). The highest BCUT2D eigenvalue weighted by molar-refractivity contribution is 6.29. The van der Waals surface area contributed by atoms with E-state index in [4.69, 9.17) is 0 Å². The molecule has 0 unspecified atom stereocenters. The molecule has 5 nitrogen and oxygen atoms in total. The Morgan fingerprint density at radius 2 is 1.57 bits per heavy atom. The van der Waals surface area contributed by atoms with E-state index in [0.717, 1.165) is 31.2 Å². The first-order valence-corrected chi connectivity index (χ1v) is 10.5. The number of amides is 2. The lowest BCUT2D eigenvalue weighted by Crippen LogP contribution is -2.41. The molecule has 1 fully saturated rings. The number of carbonyl (C=O) groups is 2. The van der Waals surface area contributed by atoms with Crippen LogP contribution < -0.4 is 5.01 Å². The summed E-state index contributed by atoms with van der Waals surface area (Å²) in [5.41, 5.74) is 1.72. The van der Waals surface area contributed by atoms with Crippen LogP contribution in [0.25, 0.3) is 6.08 Å². The van der Waals surface area contributed by atoms with E-state index >= 15 is 0 Å². The van der Waals surface area contributed by atoms with Crippen molar-refractivity contribution in [2.45, 2.75) is 39.0 Å². The summed E-state index contributed by atoms with van der Waals surface area (Å²) in [6.45, 7) is 2.69. The highest BCUT2D eigenvalue weighted by atomic mass is 16.3. The monoisotopic (exact) mass is 404 g/mol. The Hall–Kier alpha value is -3.34. The van der Waals surface area contributed by atoms with Gasteiger partial charge in [0.05, 0.1) is 5.69 Å². The molecule has 1 saturated heterocycles. The van der Waals surface area contributed by atoms with E-state index in [1.165, 1.54) is 11.4 Å². The van der Waals surface area contributed by atoms with Gasteiger partial charge >= 0.3 is 0 Å². The smallest absolute Gasteiger partial charge is 0.282 e. The number of anilines is 1. The number of nitrogens with zero attached hydrogens (tertiary/aromatic N) is 2. The van der Waals surface area contributed by atoms with Gasteiger partial charge in [0, 0.05) is 6.54 Å². The number of aromatic hydroxyl groups is 1. The topological polar surface area (TPSA) is 60.9 Å². The Labute approximate surface area is 177 Å². The molecule has 2 aromatic carbocycles. The maximum absolute atomic E-state index is 13.1. The number of phenolic OH excluding ortho intramolecular Hbond substituents is 1. The van der Waals surface area contributed by atoms with Crippen molar-refractivity contribution >= 4 is 23.6 Å². The second-order valence-electron chi connectivity index (χ2n) is 7.33. The Morgan fingerprint density at radius 1 is 0.867 bits per heavy atom. The summed E-state index contributed by atoms with van der Waals surface area (Å²) in [6, 6.07) is 16.0. The van der Waals surface area contributed by atoms with E-state index in [2.05, 4.69) is 6.92 Å². The van der Waals surface area contributed by atoms with Crippen molar-refractivity contribution in [2.24, 2.45) is 0 Å². The number of rotatable bonds is 9. The molecule has 0 aliphatic carbocycles. The van der Waals surface area contributed by atoms with E-state index < -0.39 is 0 Å². The molecule has 30 heavy (non-hydrogen) atoms. The average Bonchev–Trinajstić information content (AvgIpc) is 3.00. The first-order valence-electron chi connectivity index (χ1n) is 10.5. The van der Waals surface area contributed by atoms with Gasteiger partial charge in [-0.1, -0.05) is 75.1 Å². The highest BCUT2D eigenvalue weighted by Crippen LogP contribution is 2.27. The first-order chi connectivity index (χ1) is 14.6. The molecule has 156 valence electrons. The zero-order valence-corrected chi connectivity index (χ0v) is 17.3. The Bertz CT molecular complexity index is 917. The third-order valence-corrected chi connectivity index (χ3v) is 5.05. The predicted molar refractivity (Wildman–Crippen MR) is 120 cm³/mol. The van der Waals surface area contributed by atoms with E-state index in [0.29, 0.717) is 12.2 Å². The molecule has 0 radical (unpaired) electrons. The third kappa shape index (κ3) is 5.17. The van der Waals surface area contributed by atoms with Gasteiger partial charge in [-0.25, -0.2) is 10.0 Å². The Morgan fingerprint density at radius 3 is 2.27 bits per heavy atom. The summed E-state index contributed by atoms with van der Waals surface area (Å²) in [5.74, 6) is -0.385. The van der Waals surface area contributed by atoms with Crippen molar-refractivity contribution in [3.8, 4) is 5.75 Å². The molecule has 1 aliphatic heterocycles. The van der Waals surface area contributed by atoms with Gasteiger partial charge in [0.1, 0.15) is 11.3 Å². The molecule has 1 aliphatic rings. The first kappa shape index (κ1) is 21.4. The van der Waals surface area contributed by atoms with Crippen LogP contribution in [0.1, 0.15) is 44.6 Å². The van der Waals surface area contributed by atoms with Gasteiger partial charge in [-0.05, 0) is 42.3 Å². The number of unbranched alkanes of at least 4 members (excludes halogenated alkanes) is 4. The summed E-state index contributed by atoms with van der Waals surface area (Å²) >= 11 is 0. The van der Waals surface area contributed by atoms with Gasteiger partial charge in [-0.15, -0.1) is 0 Å². The van der Waals surface area contributed by atoms with Crippen LogP contribution in [-0.2, 0) is 9.59 Å². The van der Waals surface area contributed by atoms with Gasteiger partial charge in [0.15, 0.2) is 0 Å². The summed E-state index contributed by atoms with van der Waals surface area (Å²) < 4.78 is 0. The largest absolute Gasteiger partial charge is 0.508 e. The molecule has 2 aromatic rings. The fraction of sp³-hybridized carbons (Fsp3) is 0.280. The number of allylic oxidation sites excluding steroid dienone is 2. The molecule has 0 spiro atoms. The van der Waals surface area contributed by atoms with Crippen LogP contribution >= 0.6 is 0 Å². The molecule has 2 amide bonds. The average molecular weight is 405 g/mol. The fourth-order valence-electron chi connectivity index (χ4n) is 3.42. The quantitative estimate of drug-likeness (QED) is 0.360. The number of hydrogen-bond donors (Lipinski definition) is 1. The van der Waals surface area contributed by atoms with Gasteiger partial charge in [0.25, 0.3) is 11.8 Å². The van der Waals surface area contributed by atoms with Crippen LogP contribution in [-0.4, -0.2) is 28.5 Å². The zero-order chi connectivity index (χ0) is 21.3. The van der Waals surface area contributed by atoms with Crippen molar-refractivity contribution < 1.29 is 14.7 Å². The SMILES string of the molecule is CCCCCCCN1C(=O)C(=CC=Cc2ccc(O)cc2)C(=O)N1c1ccccc1. The van der Waals surface area contributed by atoms with Crippen LogP contribution in [0.4, 0.5) is 5.69 Å². The number of phenols is 1. The van der Waals surface area contributed by atoms with E-state index in [9.17, 15) is 14.7 Å². The van der Waals surface area contributed by atoms with Gasteiger partial charge < -0.3 is 5.11 Å².